The molecule has 1 aliphatic rings. The highest BCUT2D eigenvalue weighted by atomic mass is 32.2. The zero-order chi connectivity index (χ0) is 7.78. The number of nitrogens with zero attached hydrogens (tertiary/aromatic N) is 1. The van der Waals surface area contributed by atoms with Crippen molar-refractivity contribution in [3.05, 3.63) is 0 Å². The molecule has 1 atom stereocenters. The largest absolute Gasteiger partial charge is 0.286 e. The molecule has 0 radical (unpaired) electrons. The van der Waals surface area contributed by atoms with Gasteiger partial charge in [-0.2, -0.15) is 0 Å². The first-order valence-corrected chi connectivity index (χ1v) is 4.93. The lowest BCUT2D eigenvalue weighted by molar-refractivity contribution is 0.376. The molecule has 10 heavy (non-hydrogen) atoms. The average Bonchev–Trinajstić information content (AvgIpc) is 2.08. The van der Waals surface area contributed by atoms with Gasteiger partial charge in [-0.25, -0.2) is 8.51 Å². The van der Waals surface area contributed by atoms with E-state index in [1.165, 1.54) is 0 Å². The summed E-state index contributed by atoms with van der Waals surface area (Å²) in [6.07, 6.45) is 0. The molecule has 1 unspecified atom stereocenters. The number of rotatable bonds is 1. The van der Waals surface area contributed by atoms with Crippen LogP contribution in [0.2, 0.25) is 0 Å². The van der Waals surface area contributed by atoms with Crippen LogP contribution in [0.15, 0.2) is 0 Å². The van der Waals surface area contributed by atoms with Gasteiger partial charge in [0.05, 0.1) is 6.61 Å². The Hall–Kier alpha value is -0.0600. The normalized spacial score (nSPS) is 35.5. The van der Waals surface area contributed by atoms with Crippen LogP contribution >= 0.6 is 0 Å². The predicted molar refractivity (Wildman–Crippen MR) is 43.1 cm³/mol. The fourth-order valence-electron chi connectivity index (χ4n) is 1.04. The van der Waals surface area contributed by atoms with Gasteiger partial charge in [0.25, 0.3) is 0 Å². The molecule has 0 saturated carbocycles. The molecule has 1 fully saturated rings. The zero-order valence-corrected chi connectivity index (χ0v) is 7.19. The highest BCUT2D eigenvalue weighted by molar-refractivity contribution is 7.93. The van der Waals surface area contributed by atoms with Crippen molar-refractivity contribution >= 4 is 15.9 Å². The summed E-state index contributed by atoms with van der Waals surface area (Å²) in [4.78, 5) is 0. The maximum absolute atomic E-state index is 11.4. The molecule has 0 N–H and O–H groups in total. The maximum atomic E-state index is 11.4. The summed E-state index contributed by atoms with van der Waals surface area (Å²) in [5.74, 6) is 3.50. The van der Waals surface area contributed by atoms with Crippen molar-refractivity contribution in [3.63, 3.8) is 0 Å². The van der Waals surface area contributed by atoms with Crippen molar-refractivity contribution in [2.75, 3.05) is 13.2 Å². The van der Waals surface area contributed by atoms with Gasteiger partial charge in [0.1, 0.15) is 9.99 Å². The topological polar surface area (TPSA) is 29.5 Å². The second-order valence-corrected chi connectivity index (χ2v) is 4.51. The molecule has 0 aliphatic carbocycles. The minimum atomic E-state index is -2.35. The van der Waals surface area contributed by atoms with Gasteiger partial charge in [0.2, 0.25) is 0 Å². The second-order valence-electron chi connectivity index (χ2n) is 2.64. The molecule has 3 nitrogen and oxygen atoms in total. The Balaban J connectivity index is 2.79. The molecule has 0 spiro atoms. The molecule has 0 bridgehead atoms. The molecule has 0 aromatic rings. The molecule has 1 saturated heterocycles. The van der Waals surface area contributed by atoms with E-state index in [0.717, 1.165) is 6.54 Å². The smallest absolute Gasteiger partial charge is 0.143 e. The second kappa shape index (κ2) is 2.53. The summed E-state index contributed by atoms with van der Waals surface area (Å²) in [5.41, 5.74) is 0. The highest BCUT2D eigenvalue weighted by Crippen LogP contribution is 2.14. The van der Waals surface area contributed by atoms with Gasteiger partial charge in [0.15, 0.2) is 0 Å². The molecule has 0 amide bonds. The van der Waals surface area contributed by atoms with E-state index in [0.29, 0.717) is 6.61 Å². The van der Waals surface area contributed by atoms with E-state index in [4.69, 9.17) is 4.18 Å². The van der Waals surface area contributed by atoms with Crippen molar-refractivity contribution in [1.82, 2.24) is 4.31 Å². The van der Waals surface area contributed by atoms with Gasteiger partial charge in [-0.05, 0) is 19.7 Å². The van der Waals surface area contributed by atoms with Crippen LogP contribution in [-0.2, 0) is 14.2 Å². The highest BCUT2D eigenvalue weighted by Gasteiger charge is 2.25. The lowest BCUT2D eigenvalue weighted by Gasteiger charge is -2.19. The lowest BCUT2D eigenvalue weighted by atomic mass is 10.4. The zero-order valence-electron chi connectivity index (χ0n) is 6.37. The third-order valence-corrected chi connectivity index (χ3v) is 3.37. The van der Waals surface area contributed by atoms with E-state index in [1.807, 2.05) is 13.8 Å². The van der Waals surface area contributed by atoms with Crippen LogP contribution in [0.3, 0.4) is 0 Å². The molecule has 60 valence electrons. The van der Waals surface area contributed by atoms with Gasteiger partial charge in [-0.1, -0.05) is 0 Å². The van der Waals surface area contributed by atoms with Crippen molar-refractivity contribution in [1.29, 1.82) is 0 Å². The Morgan fingerprint density at radius 2 is 2.30 bits per heavy atom. The first-order valence-electron chi connectivity index (χ1n) is 3.32. The summed E-state index contributed by atoms with van der Waals surface area (Å²) in [6.45, 7) is 5.25. The van der Waals surface area contributed by atoms with Gasteiger partial charge < -0.3 is 0 Å². The Morgan fingerprint density at radius 3 is 2.50 bits per heavy atom. The molecule has 0 aromatic heterocycles. The van der Waals surface area contributed by atoms with Gasteiger partial charge in [-0.3, -0.25) is 4.18 Å². The van der Waals surface area contributed by atoms with Crippen LogP contribution in [-0.4, -0.2) is 33.6 Å². The Bertz CT molecular complexity index is 208. The standard InChI is InChI=1S/C6H13NO2S/c1-6(2)7-4-5-9-10(7,3)8/h6H,3-5H2,1-2H3. The quantitative estimate of drug-likeness (QED) is 0.519. The first-order chi connectivity index (χ1) is 4.54. The number of hydrogen-bond donors (Lipinski definition) is 0. The van der Waals surface area contributed by atoms with Crippen molar-refractivity contribution in [2.45, 2.75) is 19.9 Å². The molecule has 1 rings (SSSR count). The lowest BCUT2D eigenvalue weighted by Crippen LogP contribution is -2.31. The van der Waals surface area contributed by atoms with E-state index < -0.39 is 9.99 Å². The molecule has 1 aliphatic heterocycles. The summed E-state index contributed by atoms with van der Waals surface area (Å²) in [6, 6.07) is 0.257. The van der Waals surface area contributed by atoms with E-state index in [1.54, 1.807) is 4.31 Å². The summed E-state index contributed by atoms with van der Waals surface area (Å²) < 4.78 is 18.1. The van der Waals surface area contributed by atoms with Crippen LogP contribution in [0.4, 0.5) is 0 Å². The van der Waals surface area contributed by atoms with Crippen LogP contribution in [0.1, 0.15) is 13.8 Å². The van der Waals surface area contributed by atoms with Crippen LogP contribution < -0.4 is 0 Å². The monoisotopic (exact) mass is 163 g/mol. The minimum Gasteiger partial charge on any atom is -0.286 e. The third kappa shape index (κ3) is 1.33. The van der Waals surface area contributed by atoms with Crippen molar-refractivity contribution < 1.29 is 8.39 Å². The minimum absolute atomic E-state index is 0.257. The summed E-state index contributed by atoms with van der Waals surface area (Å²) in [5, 5.41) is 0. The fraction of sp³-hybridized carbons (Fsp3) is 0.833. The Labute approximate surface area is 62.3 Å². The van der Waals surface area contributed by atoms with Crippen LogP contribution in [0.25, 0.3) is 0 Å². The summed E-state index contributed by atoms with van der Waals surface area (Å²) in [7, 11) is -2.35. The van der Waals surface area contributed by atoms with Crippen molar-refractivity contribution in [3.8, 4) is 0 Å². The molecule has 4 heteroatoms. The van der Waals surface area contributed by atoms with E-state index in [2.05, 4.69) is 5.87 Å². The molecular formula is C6H13NO2S. The van der Waals surface area contributed by atoms with Gasteiger partial charge in [0, 0.05) is 12.6 Å². The van der Waals surface area contributed by atoms with Crippen LogP contribution in [0, 0.1) is 0 Å². The Kier molecular flexibility index (Phi) is 2.03. The molecular weight excluding hydrogens is 150 g/mol. The Morgan fingerprint density at radius 1 is 1.70 bits per heavy atom. The SMILES string of the molecule is C=S1(=O)OCCN1C(C)C. The van der Waals surface area contributed by atoms with Gasteiger partial charge in [-0.15, -0.1) is 0 Å². The first kappa shape index (κ1) is 8.04. The maximum Gasteiger partial charge on any atom is 0.143 e. The van der Waals surface area contributed by atoms with Crippen LogP contribution in [0.5, 0.6) is 0 Å². The third-order valence-electron chi connectivity index (χ3n) is 1.51. The van der Waals surface area contributed by atoms with E-state index in [9.17, 15) is 4.21 Å². The molecule has 1 heterocycles. The van der Waals surface area contributed by atoms with Crippen molar-refractivity contribution in [2.24, 2.45) is 0 Å². The fourth-order valence-corrected chi connectivity index (χ4v) is 2.51. The van der Waals surface area contributed by atoms with Gasteiger partial charge >= 0.3 is 0 Å². The average molecular weight is 163 g/mol. The predicted octanol–water partition coefficient (Wildman–Crippen LogP) is 0.273. The molecule has 0 aromatic carbocycles. The van der Waals surface area contributed by atoms with E-state index in [-0.39, 0.29) is 6.04 Å². The summed E-state index contributed by atoms with van der Waals surface area (Å²) >= 11 is 0. The number of hydrogen-bond acceptors (Lipinski definition) is 2. The van der Waals surface area contributed by atoms with E-state index >= 15 is 0 Å².